The number of benzene rings is 3. The van der Waals surface area contributed by atoms with E-state index in [0.29, 0.717) is 0 Å². The summed E-state index contributed by atoms with van der Waals surface area (Å²) in [6.45, 7) is 5.05. The van der Waals surface area contributed by atoms with Crippen LogP contribution in [0.25, 0.3) is 24.3 Å². The van der Waals surface area contributed by atoms with Crippen molar-refractivity contribution in [2.45, 2.75) is 4.90 Å². The molecule has 3 aromatic rings. The lowest BCUT2D eigenvalue weighted by atomic mass is 10.1. The first-order chi connectivity index (χ1) is 17.1. The fourth-order valence-electron chi connectivity index (χ4n) is 3.93. The van der Waals surface area contributed by atoms with Crippen LogP contribution >= 0.6 is 11.9 Å². The van der Waals surface area contributed by atoms with Gasteiger partial charge in [0.05, 0.1) is 13.7 Å². The lowest BCUT2D eigenvalue weighted by Gasteiger charge is -2.33. The Morgan fingerprint density at radius 2 is 1.43 bits per heavy atom. The summed E-state index contributed by atoms with van der Waals surface area (Å²) in [6.07, 6.45) is 8.35. The van der Waals surface area contributed by atoms with Crippen molar-refractivity contribution >= 4 is 41.9 Å². The van der Waals surface area contributed by atoms with Crippen LogP contribution in [0.5, 0.6) is 5.75 Å². The summed E-state index contributed by atoms with van der Waals surface area (Å²) >= 11 is 1.81. The van der Waals surface area contributed by atoms with Gasteiger partial charge < -0.3 is 15.6 Å². The molecule has 4 rings (SSSR count). The van der Waals surface area contributed by atoms with Gasteiger partial charge in [-0.05, 0) is 59.0 Å². The van der Waals surface area contributed by atoms with Crippen LogP contribution < -0.4 is 10.5 Å². The van der Waals surface area contributed by atoms with Crippen molar-refractivity contribution in [3.8, 4) is 5.75 Å². The molecule has 1 saturated heterocycles. The fraction of sp³-hybridized carbons (Fsp3) is 0.241. The first kappa shape index (κ1) is 25.1. The highest BCUT2D eigenvalue weighted by Crippen LogP contribution is 2.26. The standard InChI is InChI=1S/C29H33N3O2S/c1-34-29-22-25(5-11-26(29)10-4-24-6-12-27(30)13-7-24)3-2-23-8-14-28(15-9-23)35-32-18-16-31(17-19-32)20-21-33/h2-15,22,33H,16-21,30H2,1H3/b3-2+,10-4+. The second-order valence-electron chi connectivity index (χ2n) is 8.49. The number of piperazine rings is 1. The second kappa shape index (κ2) is 12.6. The van der Waals surface area contributed by atoms with Crippen LogP contribution in [0, 0.1) is 0 Å². The Labute approximate surface area is 212 Å². The van der Waals surface area contributed by atoms with Crippen molar-refractivity contribution in [2.24, 2.45) is 0 Å². The Morgan fingerprint density at radius 1 is 0.829 bits per heavy atom. The third-order valence-electron chi connectivity index (χ3n) is 5.98. The van der Waals surface area contributed by atoms with Gasteiger partial charge in [0.2, 0.25) is 0 Å². The molecular formula is C29H33N3O2S. The number of rotatable bonds is 9. The average molecular weight is 488 g/mol. The van der Waals surface area contributed by atoms with Gasteiger partial charge in [0, 0.05) is 48.9 Å². The summed E-state index contributed by atoms with van der Waals surface area (Å²) in [5.41, 5.74) is 10.9. The Morgan fingerprint density at radius 3 is 2.09 bits per heavy atom. The predicted molar refractivity (Wildman–Crippen MR) is 149 cm³/mol. The van der Waals surface area contributed by atoms with Gasteiger partial charge in [-0.25, -0.2) is 4.31 Å². The minimum Gasteiger partial charge on any atom is -0.496 e. The Kier molecular flexibility index (Phi) is 9.03. The maximum Gasteiger partial charge on any atom is 0.126 e. The van der Waals surface area contributed by atoms with E-state index in [1.54, 1.807) is 7.11 Å². The summed E-state index contributed by atoms with van der Waals surface area (Å²) in [6, 6.07) is 22.7. The number of ether oxygens (including phenoxy) is 1. The molecule has 1 fully saturated rings. The van der Waals surface area contributed by atoms with E-state index >= 15 is 0 Å². The molecule has 5 nitrogen and oxygen atoms in total. The lowest BCUT2D eigenvalue weighted by molar-refractivity contribution is 0.156. The number of anilines is 1. The summed E-state index contributed by atoms with van der Waals surface area (Å²) in [4.78, 5) is 3.56. The smallest absolute Gasteiger partial charge is 0.126 e. The Hall–Kier alpha value is -3.03. The zero-order valence-electron chi connectivity index (χ0n) is 20.1. The minimum absolute atomic E-state index is 0.237. The molecule has 3 N–H and O–H groups in total. The van der Waals surface area contributed by atoms with Crippen molar-refractivity contribution in [1.82, 2.24) is 9.21 Å². The molecule has 6 heteroatoms. The monoisotopic (exact) mass is 487 g/mol. The van der Waals surface area contributed by atoms with E-state index in [0.717, 1.165) is 66.4 Å². The molecule has 1 aliphatic heterocycles. The molecule has 0 saturated carbocycles. The molecule has 3 aromatic carbocycles. The molecule has 0 aromatic heterocycles. The van der Waals surface area contributed by atoms with Crippen LogP contribution in [0.15, 0.2) is 71.6 Å². The van der Waals surface area contributed by atoms with E-state index < -0.39 is 0 Å². The zero-order chi connectivity index (χ0) is 24.5. The first-order valence-corrected chi connectivity index (χ1v) is 12.7. The molecule has 1 heterocycles. The number of nitrogens with zero attached hydrogens (tertiary/aromatic N) is 2. The van der Waals surface area contributed by atoms with Gasteiger partial charge in [0.25, 0.3) is 0 Å². The second-order valence-corrected chi connectivity index (χ2v) is 9.66. The van der Waals surface area contributed by atoms with Gasteiger partial charge in [-0.1, -0.05) is 60.7 Å². The number of β-amino-alcohol motifs (C(OH)–C–C–N with tert-alkyl or cyclic N) is 1. The molecule has 182 valence electrons. The van der Waals surface area contributed by atoms with Crippen LogP contribution in [0.4, 0.5) is 5.69 Å². The van der Waals surface area contributed by atoms with E-state index in [4.69, 9.17) is 15.6 Å². The van der Waals surface area contributed by atoms with Crippen LogP contribution in [0.1, 0.15) is 22.3 Å². The molecule has 0 spiro atoms. The number of methoxy groups -OCH3 is 1. The summed E-state index contributed by atoms with van der Waals surface area (Å²) < 4.78 is 8.02. The Balaban J connectivity index is 1.34. The molecule has 0 atom stereocenters. The summed E-state index contributed by atoms with van der Waals surface area (Å²) in [7, 11) is 1.70. The molecule has 0 unspecified atom stereocenters. The SMILES string of the molecule is COc1cc(/C=C/c2ccc(SN3CCN(CCO)CC3)cc2)ccc1/C=C/c1ccc(N)cc1. The van der Waals surface area contributed by atoms with Crippen molar-refractivity contribution in [1.29, 1.82) is 0 Å². The lowest BCUT2D eigenvalue weighted by Crippen LogP contribution is -2.44. The van der Waals surface area contributed by atoms with E-state index in [-0.39, 0.29) is 6.61 Å². The van der Waals surface area contributed by atoms with Crippen molar-refractivity contribution < 1.29 is 9.84 Å². The number of hydrogen-bond donors (Lipinski definition) is 2. The van der Waals surface area contributed by atoms with Gasteiger partial charge in [0.1, 0.15) is 5.75 Å². The average Bonchev–Trinajstić information content (AvgIpc) is 2.89. The van der Waals surface area contributed by atoms with Crippen LogP contribution in [0.2, 0.25) is 0 Å². The maximum absolute atomic E-state index is 9.09. The summed E-state index contributed by atoms with van der Waals surface area (Å²) in [5.74, 6) is 0.838. The zero-order valence-corrected chi connectivity index (χ0v) is 21.0. The van der Waals surface area contributed by atoms with Crippen LogP contribution in [-0.2, 0) is 0 Å². The highest BCUT2D eigenvalue weighted by Gasteiger charge is 2.17. The molecule has 0 aliphatic carbocycles. The van der Waals surface area contributed by atoms with Crippen LogP contribution in [0.3, 0.4) is 0 Å². The predicted octanol–water partition coefficient (Wildman–Crippen LogP) is 5.24. The molecule has 35 heavy (non-hydrogen) atoms. The highest BCUT2D eigenvalue weighted by molar-refractivity contribution is 7.97. The number of nitrogen functional groups attached to an aromatic ring is 1. The summed E-state index contributed by atoms with van der Waals surface area (Å²) in [5, 5.41) is 9.09. The molecule has 0 bridgehead atoms. The van der Waals surface area contributed by atoms with Crippen molar-refractivity contribution in [2.75, 3.05) is 52.2 Å². The molecular weight excluding hydrogens is 454 g/mol. The van der Waals surface area contributed by atoms with Crippen molar-refractivity contribution in [3.63, 3.8) is 0 Å². The number of hydrogen-bond acceptors (Lipinski definition) is 6. The van der Waals surface area contributed by atoms with E-state index in [1.807, 2.05) is 36.2 Å². The van der Waals surface area contributed by atoms with E-state index in [2.05, 4.69) is 76.0 Å². The van der Waals surface area contributed by atoms with Gasteiger partial charge in [-0.3, -0.25) is 4.90 Å². The quantitative estimate of drug-likeness (QED) is 0.245. The Bertz CT molecular complexity index is 1140. The minimum atomic E-state index is 0.237. The number of aliphatic hydroxyl groups excluding tert-OH is 1. The van der Waals surface area contributed by atoms with Crippen LogP contribution in [-0.4, -0.2) is 60.8 Å². The number of nitrogens with two attached hydrogens (primary N) is 1. The van der Waals surface area contributed by atoms with E-state index in [9.17, 15) is 0 Å². The largest absolute Gasteiger partial charge is 0.496 e. The normalized spacial score (nSPS) is 15.3. The fourth-order valence-corrected chi connectivity index (χ4v) is 4.83. The number of aliphatic hydroxyl groups is 1. The van der Waals surface area contributed by atoms with Gasteiger partial charge in [-0.2, -0.15) is 0 Å². The topological polar surface area (TPSA) is 62.0 Å². The maximum atomic E-state index is 9.09. The van der Waals surface area contributed by atoms with Gasteiger partial charge in [0.15, 0.2) is 0 Å². The third kappa shape index (κ3) is 7.47. The molecule has 0 amide bonds. The van der Waals surface area contributed by atoms with E-state index in [1.165, 1.54) is 4.90 Å². The van der Waals surface area contributed by atoms with Crippen molar-refractivity contribution in [3.05, 3.63) is 89.0 Å². The highest BCUT2D eigenvalue weighted by atomic mass is 32.2. The third-order valence-corrected chi connectivity index (χ3v) is 7.09. The van der Waals surface area contributed by atoms with Gasteiger partial charge in [-0.15, -0.1) is 0 Å². The van der Waals surface area contributed by atoms with Gasteiger partial charge >= 0.3 is 0 Å². The first-order valence-electron chi connectivity index (χ1n) is 11.9. The molecule has 1 aliphatic rings. The molecule has 0 radical (unpaired) electrons.